The molecule has 6 nitrogen and oxygen atoms in total. The van der Waals surface area contributed by atoms with Crippen molar-refractivity contribution in [1.82, 2.24) is 10.2 Å². The number of hydrogen-bond donors (Lipinski definition) is 1. The topological polar surface area (TPSA) is 60.0 Å². The molecule has 30 heavy (non-hydrogen) atoms. The summed E-state index contributed by atoms with van der Waals surface area (Å²) in [5, 5.41) is 3.07. The molecular formula is C24H32N2O4. The van der Waals surface area contributed by atoms with Gasteiger partial charge in [-0.1, -0.05) is 12.1 Å². The molecule has 1 aliphatic heterocycles. The number of nitrogens with one attached hydrogen (secondary N) is 1. The van der Waals surface area contributed by atoms with Crippen LogP contribution in [0.5, 0.6) is 17.2 Å². The van der Waals surface area contributed by atoms with Crippen LogP contribution in [0.25, 0.3) is 0 Å². The minimum absolute atomic E-state index is 0.0555. The number of amides is 1. The first-order valence-electron chi connectivity index (χ1n) is 10.5. The van der Waals surface area contributed by atoms with Gasteiger partial charge in [-0.05, 0) is 67.6 Å². The summed E-state index contributed by atoms with van der Waals surface area (Å²) in [5.74, 6) is 2.36. The lowest BCUT2D eigenvalue weighted by molar-refractivity contribution is -0.126. The molecule has 162 valence electrons. The summed E-state index contributed by atoms with van der Waals surface area (Å²) < 4.78 is 16.2. The van der Waals surface area contributed by atoms with Crippen LogP contribution >= 0.6 is 0 Å². The highest BCUT2D eigenvalue weighted by Gasteiger charge is 2.25. The van der Waals surface area contributed by atoms with Crippen LogP contribution in [0.2, 0.25) is 0 Å². The normalized spacial score (nSPS) is 14.5. The van der Waals surface area contributed by atoms with E-state index < -0.39 is 0 Å². The second kappa shape index (κ2) is 10.3. The summed E-state index contributed by atoms with van der Waals surface area (Å²) in [6.45, 7) is 6.84. The van der Waals surface area contributed by atoms with Gasteiger partial charge in [0.15, 0.2) is 11.5 Å². The lowest BCUT2D eigenvalue weighted by atomic mass is 9.98. The second-order valence-corrected chi connectivity index (χ2v) is 7.49. The van der Waals surface area contributed by atoms with E-state index in [1.165, 1.54) is 11.1 Å². The highest BCUT2D eigenvalue weighted by Crippen LogP contribution is 2.28. The molecule has 0 radical (unpaired) electrons. The highest BCUT2D eigenvalue weighted by molar-refractivity contribution is 5.81. The van der Waals surface area contributed by atoms with Gasteiger partial charge in [-0.15, -0.1) is 0 Å². The largest absolute Gasteiger partial charge is 0.494 e. The van der Waals surface area contributed by atoms with E-state index in [4.69, 9.17) is 14.2 Å². The molecule has 0 aromatic heterocycles. The van der Waals surface area contributed by atoms with E-state index in [0.717, 1.165) is 37.2 Å². The molecule has 3 rings (SSSR count). The Labute approximate surface area is 179 Å². The standard InChI is InChI=1S/C24H32N2O4/c1-5-30-21-8-7-19-11-13-26(16-20(19)15-21)17(2)24(27)25-12-10-18-6-9-22(28-3)23(14-18)29-4/h6-9,14-15,17H,5,10-13,16H2,1-4H3,(H,25,27). The highest BCUT2D eigenvalue weighted by atomic mass is 16.5. The van der Waals surface area contributed by atoms with Crippen LogP contribution in [0.4, 0.5) is 0 Å². The van der Waals surface area contributed by atoms with E-state index >= 15 is 0 Å². The average molecular weight is 413 g/mol. The summed E-state index contributed by atoms with van der Waals surface area (Å²) in [6.07, 6.45) is 1.68. The molecule has 0 saturated carbocycles. The Kier molecular flexibility index (Phi) is 7.57. The number of methoxy groups -OCH3 is 2. The van der Waals surface area contributed by atoms with Gasteiger partial charge in [0.05, 0.1) is 26.9 Å². The third-order valence-electron chi connectivity index (χ3n) is 5.62. The quantitative estimate of drug-likeness (QED) is 0.685. The molecule has 0 fully saturated rings. The minimum Gasteiger partial charge on any atom is -0.494 e. The van der Waals surface area contributed by atoms with Gasteiger partial charge < -0.3 is 19.5 Å². The maximum absolute atomic E-state index is 12.7. The molecule has 0 saturated heterocycles. The number of hydrogen-bond acceptors (Lipinski definition) is 5. The van der Waals surface area contributed by atoms with Crippen LogP contribution in [0.15, 0.2) is 36.4 Å². The van der Waals surface area contributed by atoms with Crippen molar-refractivity contribution >= 4 is 5.91 Å². The fraction of sp³-hybridized carbons (Fsp3) is 0.458. The third-order valence-corrected chi connectivity index (χ3v) is 5.62. The minimum atomic E-state index is -0.181. The predicted octanol–water partition coefficient (Wildman–Crippen LogP) is 3.21. The van der Waals surface area contributed by atoms with E-state index in [9.17, 15) is 4.79 Å². The maximum Gasteiger partial charge on any atom is 0.237 e. The van der Waals surface area contributed by atoms with Gasteiger partial charge in [-0.25, -0.2) is 0 Å². The number of ether oxygens (including phenoxy) is 3. The lowest BCUT2D eigenvalue weighted by Crippen LogP contribution is -2.47. The van der Waals surface area contributed by atoms with Crippen molar-refractivity contribution in [3.8, 4) is 17.2 Å². The van der Waals surface area contributed by atoms with Crippen LogP contribution in [0, 0.1) is 0 Å². The number of carbonyl (C=O) groups is 1. The predicted molar refractivity (Wildman–Crippen MR) is 117 cm³/mol. The van der Waals surface area contributed by atoms with Crippen LogP contribution in [0.1, 0.15) is 30.5 Å². The Morgan fingerprint density at radius 1 is 1.10 bits per heavy atom. The molecule has 2 aromatic carbocycles. The molecule has 1 amide bonds. The molecule has 1 N–H and O–H groups in total. The van der Waals surface area contributed by atoms with Gasteiger partial charge in [0, 0.05) is 19.6 Å². The van der Waals surface area contributed by atoms with Gasteiger partial charge in [-0.2, -0.15) is 0 Å². The summed E-state index contributed by atoms with van der Waals surface area (Å²) >= 11 is 0. The summed E-state index contributed by atoms with van der Waals surface area (Å²) in [7, 11) is 3.24. The zero-order valence-corrected chi connectivity index (χ0v) is 18.4. The van der Waals surface area contributed by atoms with Crippen molar-refractivity contribution in [2.24, 2.45) is 0 Å². The van der Waals surface area contributed by atoms with Crippen LogP contribution in [0.3, 0.4) is 0 Å². The fourth-order valence-electron chi connectivity index (χ4n) is 3.82. The Hall–Kier alpha value is -2.73. The van der Waals surface area contributed by atoms with Gasteiger partial charge in [0.25, 0.3) is 0 Å². The van der Waals surface area contributed by atoms with Crippen LogP contribution < -0.4 is 19.5 Å². The molecule has 1 atom stereocenters. The molecule has 0 bridgehead atoms. The molecule has 6 heteroatoms. The van der Waals surface area contributed by atoms with Crippen molar-refractivity contribution in [3.63, 3.8) is 0 Å². The molecule has 0 aliphatic carbocycles. The molecule has 1 heterocycles. The fourth-order valence-corrected chi connectivity index (χ4v) is 3.82. The molecular weight excluding hydrogens is 380 g/mol. The Balaban J connectivity index is 1.53. The Morgan fingerprint density at radius 3 is 2.63 bits per heavy atom. The van der Waals surface area contributed by atoms with Crippen LogP contribution in [-0.2, 0) is 24.2 Å². The second-order valence-electron chi connectivity index (χ2n) is 7.49. The van der Waals surface area contributed by atoms with Gasteiger partial charge in [0.2, 0.25) is 5.91 Å². The molecule has 1 aliphatic rings. The third kappa shape index (κ3) is 5.25. The first-order valence-corrected chi connectivity index (χ1v) is 10.5. The summed E-state index contributed by atoms with van der Waals surface area (Å²) in [5.41, 5.74) is 3.68. The number of nitrogens with zero attached hydrogens (tertiary/aromatic N) is 1. The average Bonchev–Trinajstić information content (AvgIpc) is 2.78. The number of benzene rings is 2. The number of fused-ring (bicyclic) bond motifs is 1. The van der Waals surface area contributed by atoms with Crippen molar-refractivity contribution in [3.05, 3.63) is 53.1 Å². The first kappa shape index (κ1) is 22.0. The Bertz CT molecular complexity index is 868. The van der Waals surface area contributed by atoms with Crippen molar-refractivity contribution in [2.45, 2.75) is 39.3 Å². The van der Waals surface area contributed by atoms with Gasteiger partial charge in [-0.3, -0.25) is 9.69 Å². The van der Waals surface area contributed by atoms with Crippen LogP contribution in [-0.4, -0.2) is 50.8 Å². The van der Waals surface area contributed by atoms with Crippen molar-refractivity contribution < 1.29 is 19.0 Å². The zero-order valence-electron chi connectivity index (χ0n) is 18.4. The van der Waals surface area contributed by atoms with E-state index in [1.54, 1.807) is 14.2 Å². The van der Waals surface area contributed by atoms with E-state index in [2.05, 4.69) is 22.3 Å². The van der Waals surface area contributed by atoms with E-state index in [-0.39, 0.29) is 11.9 Å². The maximum atomic E-state index is 12.7. The van der Waals surface area contributed by atoms with E-state index in [0.29, 0.717) is 24.7 Å². The number of rotatable bonds is 9. The smallest absolute Gasteiger partial charge is 0.237 e. The summed E-state index contributed by atoms with van der Waals surface area (Å²) in [6, 6.07) is 11.9. The van der Waals surface area contributed by atoms with Crippen molar-refractivity contribution in [2.75, 3.05) is 33.9 Å². The SMILES string of the molecule is CCOc1ccc2c(c1)CN(C(C)C(=O)NCCc1ccc(OC)c(OC)c1)CC2. The molecule has 1 unspecified atom stereocenters. The lowest BCUT2D eigenvalue weighted by Gasteiger charge is -2.33. The van der Waals surface area contributed by atoms with Gasteiger partial charge >= 0.3 is 0 Å². The first-order chi connectivity index (χ1) is 14.5. The van der Waals surface area contributed by atoms with E-state index in [1.807, 2.05) is 38.1 Å². The summed E-state index contributed by atoms with van der Waals surface area (Å²) in [4.78, 5) is 14.9. The zero-order chi connectivity index (χ0) is 21.5. The van der Waals surface area contributed by atoms with Crippen molar-refractivity contribution in [1.29, 1.82) is 0 Å². The monoisotopic (exact) mass is 412 g/mol. The Morgan fingerprint density at radius 2 is 1.90 bits per heavy atom. The molecule has 2 aromatic rings. The molecule has 0 spiro atoms. The van der Waals surface area contributed by atoms with Gasteiger partial charge in [0.1, 0.15) is 5.75 Å². The number of carbonyl (C=O) groups excluding carboxylic acids is 1.